The molecule has 1 saturated heterocycles. The molecule has 0 radical (unpaired) electrons. The Labute approximate surface area is 126 Å². The summed E-state index contributed by atoms with van der Waals surface area (Å²) in [7, 11) is 0. The third kappa shape index (κ3) is 2.27. The van der Waals surface area contributed by atoms with Crippen molar-refractivity contribution in [2.45, 2.75) is 13.3 Å². The van der Waals surface area contributed by atoms with Gasteiger partial charge in [-0.3, -0.25) is 9.59 Å². The van der Waals surface area contributed by atoms with Crippen LogP contribution in [0.1, 0.15) is 22.5 Å². The Bertz CT molecular complexity index is 738. The van der Waals surface area contributed by atoms with Crippen LogP contribution in [0.25, 0.3) is 11.0 Å². The smallest absolute Gasteiger partial charge is 0.289 e. The topological polar surface area (TPSA) is 76.5 Å². The molecule has 5 nitrogen and oxygen atoms in total. The number of rotatable bonds is 2. The second-order valence-corrected chi connectivity index (χ2v) is 5.72. The lowest BCUT2D eigenvalue weighted by atomic mass is 10.1. The molecule has 0 bridgehead atoms. The molecule has 2 aromatic rings. The first kappa shape index (κ1) is 13.9. The van der Waals surface area contributed by atoms with Gasteiger partial charge in [0.05, 0.1) is 10.9 Å². The van der Waals surface area contributed by atoms with Gasteiger partial charge in [-0.1, -0.05) is 23.7 Å². The summed E-state index contributed by atoms with van der Waals surface area (Å²) in [6.07, 6.45) is 0.598. The third-order valence-electron chi connectivity index (χ3n) is 3.99. The zero-order valence-electron chi connectivity index (χ0n) is 11.6. The predicted octanol–water partition coefficient (Wildman–Crippen LogP) is 2.34. The van der Waals surface area contributed by atoms with Crippen molar-refractivity contribution < 1.29 is 14.0 Å². The maximum Gasteiger partial charge on any atom is 0.289 e. The minimum Gasteiger partial charge on any atom is -0.449 e. The number of primary amides is 1. The van der Waals surface area contributed by atoms with E-state index in [1.807, 2.05) is 19.1 Å². The molecule has 2 amide bonds. The number of benzene rings is 1. The van der Waals surface area contributed by atoms with Gasteiger partial charge < -0.3 is 15.1 Å². The van der Waals surface area contributed by atoms with Gasteiger partial charge in [-0.05, 0) is 19.4 Å². The van der Waals surface area contributed by atoms with E-state index in [1.54, 1.807) is 11.0 Å². The minimum atomic E-state index is -0.366. The predicted molar refractivity (Wildman–Crippen MR) is 79.2 cm³/mol. The van der Waals surface area contributed by atoms with Crippen molar-refractivity contribution in [3.8, 4) is 0 Å². The highest BCUT2D eigenvalue weighted by atomic mass is 35.5. The summed E-state index contributed by atoms with van der Waals surface area (Å²) in [4.78, 5) is 25.4. The van der Waals surface area contributed by atoms with E-state index in [-0.39, 0.29) is 23.5 Å². The zero-order chi connectivity index (χ0) is 15.1. The van der Waals surface area contributed by atoms with Crippen LogP contribution in [-0.4, -0.2) is 29.8 Å². The third-order valence-corrected chi connectivity index (χ3v) is 4.29. The van der Waals surface area contributed by atoms with Crippen molar-refractivity contribution in [3.05, 3.63) is 34.5 Å². The number of carbonyl (C=O) groups excluding carboxylic acids is 2. The average molecular weight is 307 g/mol. The maximum atomic E-state index is 12.6. The van der Waals surface area contributed by atoms with Gasteiger partial charge in [-0.25, -0.2) is 0 Å². The van der Waals surface area contributed by atoms with Crippen LogP contribution in [0.3, 0.4) is 0 Å². The molecule has 2 heterocycles. The largest absolute Gasteiger partial charge is 0.449 e. The van der Waals surface area contributed by atoms with E-state index < -0.39 is 0 Å². The Morgan fingerprint density at radius 1 is 1.43 bits per heavy atom. The lowest BCUT2D eigenvalue weighted by molar-refractivity contribution is -0.121. The van der Waals surface area contributed by atoms with Crippen molar-refractivity contribution in [2.75, 3.05) is 13.1 Å². The number of likely N-dealkylation sites (tertiary alicyclic amines) is 1. The lowest BCUT2D eigenvalue weighted by Gasteiger charge is -2.14. The molecule has 21 heavy (non-hydrogen) atoms. The van der Waals surface area contributed by atoms with Gasteiger partial charge in [-0.15, -0.1) is 0 Å². The normalized spacial score (nSPS) is 18.4. The highest BCUT2D eigenvalue weighted by molar-refractivity contribution is 6.35. The van der Waals surface area contributed by atoms with E-state index in [0.29, 0.717) is 30.1 Å². The number of halogens is 1. The molecular formula is C15H15ClN2O3. The van der Waals surface area contributed by atoms with Crippen LogP contribution >= 0.6 is 11.6 Å². The molecule has 0 saturated carbocycles. The molecule has 0 unspecified atom stereocenters. The number of fused-ring (bicyclic) bond motifs is 1. The molecule has 1 aliphatic rings. The Morgan fingerprint density at radius 2 is 2.19 bits per heavy atom. The van der Waals surface area contributed by atoms with E-state index in [2.05, 4.69) is 0 Å². The molecule has 110 valence electrons. The second kappa shape index (κ2) is 5.07. The second-order valence-electron chi connectivity index (χ2n) is 5.31. The standard InChI is InChI=1S/C15H15ClN2O3/c1-8-10-3-2-4-11(16)13(10)21-12(8)15(20)18-6-5-9(7-18)14(17)19/h2-4,9H,5-7H2,1H3,(H2,17,19)/t9-/m0/s1. The molecule has 6 heteroatoms. The summed E-state index contributed by atoms with van der Waals surface area (Å²) in [6, 6.07) is 5.41. The number of hydrogen-bond donors (Lipinski definition) is 1. The molecule has 1 aromatic carbocycles. The summed E-state index contributed by atoms with van der Waals surface area (Å²) >= 11 is 6.09. The maximum absolute atomic E-state index is 12.6. The van der Waals surface area contributed by atoms with Crippen molar-refractivity contribution in [3.63, 3.8) is 0 Å². The van der Waals surface area contributed by atoms with Crippen LogP contribution in [0.15, 0.2) is 22.6 Å². The number of carbonyl (C=O) groups is 2. The molecule has 1 atom stereocenters. The van der Waals surface area contributed by atoms with E-state index in [1.165, 1.54) is 0 Å². The van der Waals surface area contributed by atoms with Gasteiger partial charge in [0, 0.05) is 24.0 Å². The molecule has 0 spiro atoms. The van der Waals surface area contributed by atoms with Gasteiger partial charge in [0.15, 0.2) is 11.3 Å². The molecule has 2 N–H and O–H groups in total. The van der Waals surface area contributed by atoms with E-state index in [0.717, 1.165) is 10.9 Å². The summed E-state index contributed by atoms with van der Waals surface area (Å²) in [6.45, 7) is 2.69. The number of aryl methyl sites for hydroxylation is 1. The fraction of sp³-hybridized carbons (Fsp3) is 0.333. The van der Waals surface area contributed by atoms with Crippen molar-refractivity contribution in [1.82, 2.24) is 4.90 Å². The number of hydrogen-bond acceptors (Lipinski definition) is 3. The number of nitrogens with zero attached hydrogens (tertiary/aromatic N) is 1. The van der Waals surface area contributed by atoms with E-state index >= 15 is 0 Å². The molecule has 1 fully saturated rings. The Hall–Kier alpha value is -2.01. The van der Waals surface area contributed by atoms with E-state index in [9.17, 15) is 9.59 Å². The summed E-state index contributed by atoms with van der Waals surface area (Å²) in [5, 5.41) is 1.31. The number of nitrogens with two attached hydrogens (primary N) is 1. The number of para-hydroxylation sites is 1. The lowest BCUT2D eigenvalue weighted by Crippen LogP contribution is -2.31. The quantitative estimate of drug-likeness (QED) is 0.925. The van der Waals surface area contributed by atoms with Crippen LogP contribution in [0.5, 0.6) is 0 Å². The number of amides is 2. The van der Waals surface area contributed by atoms with Crippen LogP contribution < -0.4 is 5.73 Å². The van der Waals surface area contributed by atoms with Gasteiger partial charge in [0.2, 0.25) is 5.91 Å². The van der Waals surface area contributed by atoms with Gasteiger partial charge in [0.1, 0.15) is 0 Å². The van der Waals surface area contributed by atoms with Crippen molar-refractivity contribution in [2.24, 2.45) is 11.7 Å². The molecule has 0 aliphatic carbocycles. The SMILES string of the molecule is Cc1c(C(=O)N2CC[C@H](C(N)=O)C2)oc2c(Cl)cccc12. The highest BCUT2D eigenvalue weighted by Crippen LogP contribution is 2.32. The summed E-state index contributed by atoms with van der Waals surface area (Å²) in [5.74, 6) is -0.580. The number of furan rings is 1. The van der Waals surface area contributed by atoms with Crippen molar-refractivity contribution in [1.29, 1.82) is 0 Å². The minimum absolute atomic E-state index is 0.219. The average Bonchev–Trinajstić information content (AvgIpc) is 3.05. The molecule has 1 aromatic heterocycles. The Balaban J connectivity index is 1.94. The van der Waals surface area contributed by atoms with Crippen LogP contribution in [0.2, 0.25) is 5.02 Å². The van der Waals surface area contributed by atoms with Gasteiger partial charge in [0.25, 0.3) is 5.91 Å². The van der Waals surface area contributed by atoms with Crippen LogP contribution in [0, 0.1) is 12.8 Å². The first-order valence-electron chi connectivity index (χ1n) is 6.75. The molecular weight excluding hydrogens is 292 g/mol. The van der Waals surface area contributed by atoms with Crippen molar-refractivity contribution >= 4 is 34.4 Å². The molecule has 3 rings (SSSR count). The van der Waals surface area contributed by atoms with Gasteiger partial charge >= 0.3 is 0 Å². The van der Waals surface area contributed by atoms with Gasteiger partial charge in [-0.2, -0.15) is 0 Å². The Morgan fingerprint density at radius 3 is 2.81 bits per heavy atom. The van der Waals surface area contributed by atoms with E-state index in [4.69, 9.17) is 21.8 Å². The fourth-order valence-electron chi connectivity index (χ4n) is 2.73. The van der Waals surface area contributed by atoms with Crippen LogP contribution in [-0.2, 0) is 4.79 Å². The monoisotopic (exact) mass is 306 g/mol. The van der Waals surface area contributed by atoms with Crippen LogP contribution in [0.4, 0.5) is 0 Å². The molecule has 1 aliphatic heterocycles. The first-order valence-corrected chi connectivity index (χ1v) is 7.13. The Kier molecular flexibility index (Phi) is 3.37. The fourth-order valence-corrected chi connectivity index (χ4v) is 2.95. The zero-order valence-corrected chi connectivity index (χ0v) is 12.3. The summed E-state index contributed by atoms with van der Waals surface area (Å²) in [5.41, 5.74) is 6.58. The first-order chi connectivity index (χ1) is 9.99. The summed E-state index contributed by atoms with van der Waals surface area (Å²) < 4.78 is 5.66. The highest BCUT2D eigenvalue weighted by Gasteiger charge is 2.32.